The zero-order chi connectivity index (χ0) is 10.6. The summed E-state index contributed by atoms with van der Waals surface area (Å²) >= 11 is 1.39. The molecule has 0 atom stereocenters. The molecule has 1 aromatic rings. The van der Waals surface area contributed by atoms with E-state index in [0.717, 1.165) is 18.8 Å². The van der Waals surface area contributed by atoms with Crippen LogP contribution >= 0.6 is 11.5 Å². The van der Waals surface area contributed by atoms with E-state index in [9.17, 15) is 0 Å². The average molecular weight is 214 g/mol. The summed E-state index contributed by atoms with van der Waals surface area (Å²) in [4.78, 5) is 2.21. The van der Waals surface area contributed by atoms with Gasteiger partial charge in [-0.2, -0.15) is 0 Å². The monoisotopic (exact) mass is 214 g/mol. The number of likely N-dealkylation sites (N-methyl/N-ethyl adjacent to an activating group) is 1. The van der Waals surface area contributed by atoms with Crippen LogP contribution in [-0.2, 0) is 6.54 Å². The maximum absolute atomic E-state index is 3.97. The summed E-state index contributed by atoms with van der Waals surface area (Å²) in [7, 11) is 4.18. The summed E-state index contributed by atoms with van der Waals surface area (Å²) in [5.74, 6) is 0. The molecule has 0 radical (unpaired) electrons. The third-order valence-electron chi connectivity index (χ3n) is 2.48. The van der Waals surface area contributed by atoms with Gasteiger partial charge in [0, 0.05) is 24.0 Å². The van der Waals surface area contributed by atoms with E-state index in [1.54, 1.807) is 0 Å². The van der Waals surface area contributed by atoms with Crippen molar-refractivity contribution in [2.75, 3.05) is 20.6 Å². The summed E-state index contributed by atoms with van der Waals surface area (Å²) in [5.41, 5.74) is 1.19. The van der Waals surface area contributed by atoms with Crippen molar-refractivity contribution in [1.82, 2.24) is 19.8 Å². The molecule has 4 nitrogen and oxygen atoms in total. The SMILES string of the molecule is CN(C)C(C)(C)CNCc1csnn1. The van der Waals surface area contributed by atoms with Crippen LogP contribution in [0.1, 0.15) is 19.5 Å². The molecule has 80 valence electrons. The highest BCUT2D eigenvalue weighted by Gasteiger charge is 2.19. The molecule has 0 saturated heterocycles. The second-order valence-corrected chi connectivity index (χ2v) is 4.82. The second kappa shape index (κ2) is 4.82. The Bertz CT molecular complexity index is 256. The third-order valence-corrected chi connectivity index (χ3v) is 3.03. The van der Waals surface area contributed by atoms with Crippen molar-refractivity contribution >= 4 is 11.5 Å². The first kappa shape index (κ1) is 11.6. The summed E-state index contributed by atoms with van der Waals surface area (Å²) < 4.78 is 3.81. The van der Waals surface area contributed by atoms with Crippen LogP contribution in [0, 0.1) is 0 Å². The maximum Gasteiger partial charge on any atom is 0.0893 e. The number of rotatable bonds is 5. The van der Waals surface area contributed by atoms with Crippen molar-refractivity contribution in [3.8, 4) is 0 Å². The lowest BCUT2D eigenvalue weighted by molar-refractivity contribution is 0.189. The summed E-state index contributed by atoms with van der Waals surface area (Å²) in [6.07, 6.45) is 0. The largest absolute Gasteiger partial charge is 0.309 e. The average Bonchev–Trinajstić information content (AvgIpc) is 2.56. The predicted octanol–water partition coefficient (Wildman–Crippen LogP) is 0.968. The van der Waals surface area contributed by atoms with Crippen LogP contribution in [0.3, 0.4) is 0 Å². The Morgan fingerprint density at radius 1 is 1.50 bits per heavy atom. The first-order valence-corrected chi connectivity index (χ1v) is 5.50. The highest BCUT2D eigenvalue weighted by molar-refractivity contribution is 7.03. The molecule has 0 unspecified atom stereocenters. The van der Waals surface area contributed by atoms with E-state index < -0.39 is 0 Å². The van der Waals surface area contributed by atoms with Gasteiger partial charge in [-0.1, -0.05) is 4.49 Å². The topological polar surface area (TPSA) is 41.0 Å². The molecule has 0 aliphatic heterocycles. The Hall–Kier alpha value is -0.520. The number of nitrogens with one attached hydrogen (secondary N) is 1. The molecule has 0 bridgehead atoms. The molecule has 0 amide bonds. The summed E-state index contributed by atoms with van der Waals surface area (Å²) in [6.45, 7) is 6.16. The lowest BCUT2D eigenvalue weighted by atomic mass is 10.0. The molecular formula is C9H18N4S. The highest BCUT2D eigenvalue weighted by Crippen LogP contribution is 2.08. The highest BCUT2D eigenvalue weighted by atomic mass is 32.1. The van der Waals surface area contributed by atoms with Gasteiger partial charge in [0.15, 0.2) is 0 Å². The fourth-order valence-electron chi connectivity index (χ4n) is 0.916. The molecule has 5 heteroatoms. The minimum absolute atomic E-state index is 0.170. The van der Waals surface area contributed by atoms with E-state index in [2.05, 4.69) is 47.7 Å². The third kappa shape index (κ3) is 3.32. The van der Waals surface area contributed by atoms with Crippen LogP contribution < -0.4 is 5.32 Å². The maximum atomic E-state index is 3.97. The zero-order valence-corrected chi connectivity index (χ0v) is 10.1. The van der Waals surface area contributed by atoms with E-state index >= 15 is 0 Å². The Balaban J connectivity index is 2.28. The first-order valence-electron chi connectivity index (χ1n) is 4.66. The fraction of sp³-hybridized carbons (Fsp3) is 0.778. The van der Waals surface area contributed by atoms with Crippen molar-refractivity contribution in [1.29, 1.82) is 0 Å². The molecule has 14 heavy (non-hydrogen) atoms. The molecule has 0 aromatic carbocycles. The number of hydrogen-bond donors (Lipinski definition) is 1. The quantitative estimate of drug-likeness (QED) is 0.793. The van der Waals surface area contributed by atoms with E-state index in [1.807, 2.05) is 5.38 Å². The molecule has 1 aromatic heterocycles. The van der Waals surface area contributed by atoms with E-state index in [1.165, 1.54) is 11.5 Å². The molecular weight excluding hydrogens is 196 g/mol. The predicted molar refractivity (Wildman–Crippen MR) is 59.4 cm³/mol. The lowest BCUT2D eigenvalue weighted by Crippen LogP contribution is -2.46. The van der Waals surface area contributed by atoms with Gasteiger partial charge < -0.3 is 10.2 Å². The number of hydrogen-bond acceptors (Lipinski definition) is 5. The Morgan fingerprint density at radius 3 is 2.71 bits per heavy atom. The van der Waals surface area contributed by atoms with Gasteiger partial charge in [0.05, 0.1) is 5.69 Å². The van der Waals surface area contributed by atoms with Crippen LogP contribution in [0.15, 0.2) is 5.38 Å². The minimum atomic E-state index is 0.170. The van der Waals surface area contributed by atoms with Crippen molar-refractivity contribution in [3.05, 3.63) is 11.1 Å². The van der Waals surface area contributed by atoms with Crippen LogP contribution in [0.4, 0.5) is 0 Å². The van der Waals surface area contributed by atoms with Gasteiger partial charge in [0.2, 0.25) is 0 Å². The van der Waals surface area contributed by atoms with Crippen molar-refractivity contribution in [2.45, 2.75) is 25.9 Å². The van der Waals surface area contributed by atoms with Crippen LogP contribution in [0.5, 0.6) is 0 Å². The molecule has 0 spiro atoms. The van der Waals surface area contributed by atoms with Gasteiger partial charge in [-0.3, -0.25) is 0 Å². The first-order chi connectivity index (χ1) is 6.52. The Kier molecular flexibility index (Phi) is 3.97. The van der Waals surface area contributed by atoms with Gasteiger partial charge in [-0.05, 0) is 39.5 Å². The van der Waals surface area contributed by atoms with Crippen molar-refractivity contribution < 1.29 is 0 Å². The van der Waals surface area contributed by atoms with Crippen molar-refractivity contribution in [2.24, 2.45) is 0 Å². The van der Waals surface area contributed by atoms with Gasteiger partial charge in [-0.25, -0.2) is 0 Å². The minimum Gasteiger partial charge on any atom is -0.309 e. The van der Waals surface area contributed by atoms with E-state index in [4.69, 9.17) is 0 Å². The van der Waals surface area contributed by atoms with Crippen LogP contribution in [-0.4, -0.2) is 40.7 Å². The molecule has 0 saturated carbocycles. The van der Waals surface area contributed by atoms with Crippen LogP contribution in [0.2, 0.25) is 0 Å². The molecule has 0 aliphatic carbocycles. The van der Waals surface area contributed by atoms with Gasteiger partial charge in [-0.15, -0.1) is 5.10 Å². The van der Waals surface area contributed by atoms with Gasteiger partial charge >= 0.3 is 0 Å². The smallest absolute Gasteiger partial charge is 0.0893 e. The lowest BCUT2D eigenvalue weighted by Gasteiger charge is -2.32. The fourth-order valence-corrected chi connectivity index (χ4v) is 1.37. The number of nitrogens with zero attached hydrogens (tertiary/aromatic N) is 3. The molecule has 1 heterocycles. The standard InChI is InChI=1S/C9H18N4S/c1-9(2,13(3)4)7-10-5-8-6-14-12-11-8/h6,10H,5,7H2,1-4H3. The van der Waals surface area contributed by atoms with Gasteiger partial charge in [0.1, 0.15) is 0 Å². The molecule has 1 N–H and O–H groups in total. The Morgan fingerprint density at radius 2 is 2.21 bits per heavy atom. The van der Waals surface area contributed by atoms with Crippen LogP contribution in [0.25, 0.3) is 0 Å². The number of aromatic nitrogens is 2. The Labute approximate surface area is 89.5 Å². The zero-order valence-electron chi connectivity index (χ0n) is 9.24. The van der Waals surface area contributed by atoms with Crippen molar-refractivity contribution in [3.63, 3.8) is 0 Å². The van der Waals surface area contributed by atoms with Gasteiger partial charge in [0.25, 0.3) is 0 Å². The molecule has 1 rings (SSSR count). The summed E-state index contributed by atoms with van der Waals surface area (Å²) in [6, 6.07) is 0. The molecule has 0 fully saturated rings. The summed E-state index contributed by atoms with van der Waals surface area (Å²) in [5, 5.41) is 9.31. The normalized spacial score (nSPS) is 12.4. The van der Waals surface area contributed by atoms with E-state index in [0.29, 0.717) is 0 Å². The molecule has 0 aliphatic rings. The second-order valence-electron chi connectivity index (χ2n) is 4.21. The van der Waals surface area contributed by atoms with E-state index in [-0.39, 0.29) is 5.54 Å².